The van der Waals surface area contributed by atoms with Gasteiger partial charge in [-0.15, -0.1) is 0 Å². The van der Waals surface area contributed by atoms with Gasteiger partial charge >= 0.3 is 11.7 Å². The first-order valence-electron chi connectivity index (χ1n) is 8.82. The molecule has 8 nitrogen and oxygen atoms in total. The number of aromatic hydroxyl groups is 1. The Balaban J connectivity index is 2.34. The molecule has 1 aromatic heterocycles. The van der Waals surface area contributed by atoms with Crippen molar-refractivity contribution in [3.63, 3.8) is 0 Å². The third kappa shape index (κ3) is 4.33. The summed E-state index contributed by atoms with van der Waals surface area (Å²) in [6.07, 6.45) is 1.96. The van der Waals surface area contributed by atoms with E-state index in [2.05, 4.69) is 4.99 Å². The standard InChI is InChI=1S/C19H23N3O5/c1-4-11-27-18(25)13-7-9-14(10-8-13)20-12-15-16(23)21(5-2)19(26)22(6-3)17(15)24/h7-10,12,23H,4-6,11H2,1-3H3. The molecule has 0 radical (unpaired) electrons. The van der Waals surface area contributed by atoms with Crippen LogP contribution in [0.15, 0.2) is 38.8 Å². The number of esters is 1. The van der Waals surface area contributed by atoms with Crippen LogP contribution < -0.4 is 11.2 Å². The number of nitrogens with zero attached hydrogens (tertiary/aromatic N) is 3. The van der Waals surface area contributed by atoms with Crippen molar-refractivity contribution in [2.24, 2.45) is 4.99 Å². The summed E-state index contributed by atoms with van der Waals surface area (Å²) in [5, 5.41) is 10.2. The van der Waals surface area contributed by atoms with E-state index >= 15 is 0 Å². The van der Waals surface area contributed by atoms with Gasteiger partial charge in [-0.3, -0.25) is 18.9 Å². The van der Waals surface area contributed by atoms with Crippen LogP contribution in [0.25, 0.3) is 0 Å². The summed E-state index contributed by atoms with van der Waals surface area (Å²) < 4.78 is 7.20. The van der Waals surface area contributed by atoms with Crippen LogP contribution in [0.1, 0.15) is 43.1 Å². The maximum Gasteiger partial charge on any atom is 0.338 e. The molecule has 0 fully saturated rings. The minimum atomic E-state index is -0.604. The van der Waals surface area contributed by atoms with Gasteiger partial charge in [0.2, 0.25) is 5.88 Å². The van der Waals surface area contributed by atoms with Crippen LogP contribution in [0.3, 0.4) is 0 Å². The monoisotopic (exact) mass is 373 g/mol. The van der Waals surface area contributed by atoms with E-state index in [0.29, 0.717) is 17.9 Å². The Kier molecular flexibility index (Phi) is 6.70. The molecule has 0 aliphatic heterocycles. The van der Waals surface area contributed by atoms with E-state index in [0.717, 1.165) is 15.6 Å². The molecule has 0 saturated heterocycles. The van der Waals surface area contributed by atoms with Crippen LogP contribution in [-0.4, -0.2) is 33.0 Å². The molecule has 0 unspecified atom stereocenters. The first-order valence-corrected chi connectivity index (χ1v) is 8.82. The Hall–Kier alpha value is -3.16. The highest BCUT2D eigenvalue weighted by atomic mass is 16.5. The van der Waals surface area contributed by atoms with Crippen molar-refractivity contribution in [2.75, 3.05) is 6.61 Å². The molecule has 144 valence electrons. The summed E-state index contributed by atoms with van der Waals surface area (Å²) in [6, 6.07) is 6.35. The third-order valence-electron chi connectivity index (χ3n) is 3.95. The van der Waals surface area contributed by atoms with Gasteiger partial charge in [0.25, 0.3) is 5.56 Å². The molecule has 0 aliphatic carbocycles. The van der Waals surface area contributed by atoms with Crippen LogP contribution in [0.2, 0.25) is 0 Å². The molecule has 8 heteroatoms. The molecule has 1 N–H and O–H groups in total. The van der Waals surface area contributed by atoms with Gasteiger partial charge in [-0.25, -0.2) is 9.59 Å². The number of aliphatic imine (C=N–C) groups is 1. The van der Waals surface area contributed by atoms with Crippen LogP contribution in [0, 0.1) is 0 Å². The van der Waals surface area contributed by atoms with Crippen molar-refractivity contribution < 1.29 is 14.6 Å². The molecule has 0 aliphatic rings. The first-order chi connectivity index (χ1) is 12.9. The van der Waals surface area contributed by atoms with Gasteiger partial charge in [0, 0.05) is 19.3 Å². The Bertz CT molecular complexity index is 955. The van der Waals surface area contributed by atoms with Gasteiger partial charge in [0.05, 0.1) is 17.9 Å². The quantitative estimate of drug-likeness (QED) is 0.591. The lowest BCUT2D eigenvalue weighted by Gasteiger charge is -2.11. The Morgan fingerprint density at radius 1 is 1.11 bits per heavy atom. The van der Waals surface area contributed by atoms with Gasteiger partial charge in [-0.2, -0.15) is 0 Å². The third-order valence-corrected chi connectivity index (χ3v) is 3.95. The summed E-state index contributed by atoms with van der Waals surface area (Å²) in [5.74, 6) is -0.827. The second-order valence-electron chi connectivity index (χ2n) is 5.75. The molecular weight excluding hydrogens is 350 g/mol. The number of carbonyl (C=O) groups is 1. The van der Waals surface area contributed by atoms with Crippen LogP contribution >= 0.6 is 0 Å². The highest BCUT2D eigenvalue weighted by Gasteiger charge is 2.15. The minimum absolute atomic E-state index is 0.0651. The molecule has 27 heavy (non-hydrogen) atoms. The largest absolute Gasteiger partial charge is 0.494 e. The van der Waals surface area contributed by atoms with Gasteiger partial charge in [0.1, 0.15) is 5.56 Å². The molecule has 2 aromatic rings. The number of benzene rings is 1. The second kappa shape index (κ2) is 8.98. The van der Waals surface area contributed by atoms with E-state index in [4.69, 9.17) is 4.74 Å². The molecule has 2 rings (SSSR count). The van der Waals surface area contributed by atoms with Gasteiger partial charge in [-0.05, 0) is 44.5 Å². The molecule has 0 saturated carbocycles. The highest BCUT2D eigenvalue weighted by Crippen LogP contribution is 2.15. The fourth-order valence-electron chi connectivity index (χ4n) is 2.49. The highest BCUT2D eigenvalue weighted by molar-refractivity contribution is 5.90. The maximum absolute atomic E-state index is 12.4. The fourth-order valence-corrected chi connectivity index (χ4v) is 2.49. The normalized spacial score (nSPS) is 11.1. The lowest BCUT2D eigenvalue weighted by atomic mass is 10.2. The van der Waals surface area contributed by atoms with Gasteiger partial charge in [0.15, 0.2) is 0 Å². The molecule has 1 heterocycles. The predicted octanol–water partition coefficient (Wildman–Crippen LogP) is 2.07. The van der Waals surface area contributed by atoms with Gasteiger partial charge in [-0.1, -0.05) is 6.92 Å². The first kappa shape index (κ1) is 20.2. The summed E-state index contributed by atoms with van der Waals surface area (Å²) in [4.78, 5) is 40.5. The van der Waals surface area contributed by atoms with Crippen molar-refractivity contribution in [3.8, 4) is 5.88 Å². The minimum Gasteiger partial charge on any atom is -0.494 e. The Labute approximate surface area is 156 Å². The average Bonchev–Trinajstić information content (AvgIpc) is 2.67. The van der Waals surface area contributed by atoms with Crippen molar-refractivity contribution in [1.82, 2.24) is 9.13 Å². The number of hydrogen-bond donors (Lipinski definition) is 1. The fraction of sp³-hybridized carbons (Fsp3) is 0.368. The molecular formula is C19H23N3O5. The summed E-state index contributed by atoms with van der Waals surface area (Å²) in [7, 11) is 0. The van der Waals surface area contributed by atoms with Crippen LogP contribution in [-0.2, 0) is 17.8 Å². The Morgan fingerprint density at radius 3 is 2.30 bits per heavy atom. The molecule has 0 bridgehead atoms. The zero-order valence-electron chi connectivity index (χ0n) is 15.6. The van der Waals surface area contributed by atoms with Crippen molar-refractivity contribution in [3.05, 3.63) is 56.2 Å². The van der Waals surface area contributed by atoms with Crippen molar-refractivity contribution in [2.45, 2.75) is 40.3 Å². The summed E-state index contributed by atoms with van der Waals surface area (Å²) in [6.45, 7) is 6.05. The van der Waals surface area contributed by atoms with E-state index in [1.807, 2.05) is 6.92 Å². The van der Waals surface area contributed by atoms with E-state index in [9.17, 15) is 19.5 Å². The Morgan fingerprint density at radius 2 is 1.74 bits per heavy atom. The summed E-state index contributed by atoms with van der Waals surface area (Å²) >= 11 is 0. The average molecular weight is 373 g/mol. The lowest BCUT2D eigenvalue weighted by molar-refractivity contribution is 0.0505. The van der Waals surface area contributed by atoms with E-state index in [1.165, 1.54) is 6.21 Å². The number of ether oxygens (including phenoxy) is 1. The number of aromatic nitrogens is 2. The molecule has 0 amide bonds. The van der Waals surface area contributed by atoms with Crippen molar-refractivity contribution in [1.29, 1.82) is 0 Å². The molecule has 0 atom stereocenters. The van der Waals surface area contributed by atoms with Gasteiger partial charge < -0.3 is 9.84 Å². The molecule has 1 aromatic carbocycles. The number of hydrogen-bond acceptors (Lipinski definition) is 6. The lowest BCUT2D eigenvalue weighted by Crippen LogP contribution is -2.41. The van der Waals surface area contributed by atoms with Crippen LogP contribution in [0.5, 0.6) is 5.88 Å². The summed E-state index contributed by atoms with van der Waals surface area (Å²) in [5.41, 5.74) is -0.344. The predicted molar refractivity (Wildman–Crippen MR) is 102 cm³/mol. The zero-order valence-corrected chi connectivity index (χ0v) is 15.6. The SMILES string of the molecule is CCCOC(=O)c1ccc(N=Cc2c(O)n(CC)c(=O)n(CC)c2=O)cc1. The maximum atomic E-state index is 12.4. The van der Waals surface area contributed by atoms with E-state index in [-0.39, 0.29) is 18.7 Å². The number of carbonyl (C=O) groups excluding carboxylic acids is 1. The zero-order chi connectivity index (χ0) is 20.0. The topological polar surface area (TPSA) is 103 Å². The van der Waals surface area contributed by atoms with Crippen LogP contribution in [0.4, 0.5) is 5.69 Å². The van der Waals surface area contributed by atoms with Crippen molar-refractivity contribution >= 4 is 17.9 Å². The smallest absolute Gasteiger partial charge is 0.338 e. The second-order valence-corrected chi connectivity index (χ2v) is 5.75. The van der Waals surface area contributed by atoms with E-state index < -0.39 is 23.1 Å². The molecule has 0 spiro atoms. The van der Waals surface area contributed by atoms with E-state index in [1.54, 1.807) is 38.1 Å². The number of rotatable bonds is 7.